The Bertz CT molecular complexity index is 436. The topological polar surface area (TPSA) is 32.3 Å². The Morgan fingerprint density at radius 3 is 2.35 bits per heavy atom. The summed E-state index contributed by atoms with van der Waals surface area (Å²) in [6.07, 6.45) is 4.14. The largest absolute Gasteiger partial charge is 0.349 e. The molecule has 0 radical (unpaired) electrons. The van der Waals surface area contributed by atoms with Gasteiger partial charge < -0.3 is 10.2 Å². The van der Waals surface area contributed by atoms with Crippen LogP contribution < -0.4 is 5.32 Å². The van der Waals surface area contributed by atoms with Gasteiger partial charge >= 0.3 is 0 Å². The summed E-state index contributed by atoms with van der Waals surface area (Å²) in [5.41, 5.74) is 0.758. The van der Waals surface area contributed by atoms with Crippen molar-refractivity contribution in [3.63, 3.8) is 0 Å². The van der Waals surface area contributed by atoms with Crippen LogP contribution in [0.1, 0.15) is 37.0 Å². The Morgan fingerprint density at radius 2 is 1.85 bits per heavy atom. The number of likely N-dealkylation sites (tertiary alicyclic amines) is 1. The van der Waals surface area contributed by atoms with Gasteiger partial charge in [0.2, 0.25) is 0 Å². The van der Waals surface area contributed by atoms with Crippen LogP contribution in [0, 0.1) is 0 Å². The fourth-order valence-electron chi connectivity index (χ4n) is 2.57. The number of carbonyl (C=O) groups excluding carboxylic acids is 1. The third-order valence-corrected chi connectivity index (χ3v) is 4.69. The Balaban J connectivity index is 1.85. The number of nitrogens with one attached hydrogen (secondary N) is 1. The standard InChI is InChI=1S/C16H24N2OS/c1-12(2)18-10-8-14(9-11-18)17-16(19)13-4-6-15(20-3)7-5-13/h4-7,12,14H,8-11H2,1-3H3,(H,17,19). The van der Waals surface area contributed by atoms with E-state index in [4.69, 9.17) is 0 Å². The van der Waals surface area contributed by atoms with Crippen LogP contribution in [0.5, 0.6) is 0 Å². The number of carbonyl (C=O) groups is 1. The minimum atomic E-state index is 0.0562. The molecule has 1 aromatic carbocycles. The molecule has 0 atom stereocenters. The average Bonchev–Trinajstić information content (AvgIpc) is 2.48. The molecule has 0 bridgehead atoms. The van der Waals surface area contributed by atoms with E-state index in [1.54, 1.807) is 11.8 Å². The van der Waals surface area contributed by atoms with E-state index >= 15 is 0 Å². The molecule has 0 aliphatic carbocycles. The highest BCUT2D eigenvalue weighted by Crippen LogP contribution is 2.16. The summed E-state index contributed by atoms with van der Waals surface area (Å²) in [7, 11) is 0. The van der Waals surface area contributed by atoms with E-state index in [0.717, 1.165) is 31.5 Å². The summed E-state index contributed by atoms with van der Waals surface area (Å²) in [6.45, 7) is 6.61. The molecule has 2 rings (SSSR count). The van der Waals surface area contributed by atoms with Crippen molar-refractivity contribution < 1.29 is 4.79 Å². The number of amides is 1. The Kier molecular flexibility index (Phi) is 5.49. The van der Waals surface area contributed by atoms with Crippen LogP contribution in [-0.2, 0) is 0 Å². The van der Waals surface area contributed by atoms with Gasteiger partial charge in [0.15, 0.2) is 0 Å². The average molecular weight is 292 g/mol. The van der Waals surface area contributed by atoms with E-state index in [9.17, 15) is 4.79 Å². The van der Waals surface area contributed by atoms with Crippen LogP contribution in [0.3, 0.4) is 0 Å². The molecule has 0 saturated carbocycles. The first kappa shape index (κ1) is 15.4. The van der Waals surface area contributed by atoms with E-state index in [1.807, 2.05) is 30.5 Å². The molecule has 110 valence electrons. The molecule has 1 aromatic rings. The van der Waals surface area contributed by atoms with Gasteiger partial charge in [0, 0.05) is 35.6 Å². The Labute approximate surface area is 126 Å². The lowest BCUT2D eigenvalue weighted by molar-refractivity contribution is 0.0900. The fourth-order valence-corrected chi connectivity index (χ4v) is 2.98. The molecule has 1 N–H and O–H groups in total. The summed E-state index contributed by atoms with van der Waals surface area (Å²) in [5.74, 6) is 0.0562. The maximum absolute atomic E-state index is 12.2. The van der Waals surface area contributed by atoms with Gasteiger partial charge in [-0.05, 0) is 57.2 Å². The first-order valence-electron chi connectivity index (χ1n) is 7.29. The zero-order valence-corrected chi connectivity index (χ0v) is 13.4. The number of nitrogens with zero attached hydrogens (tertiary/aromatic N) is 1. The van der Waals surface area contributed by atoms with Crippen molar-refractivity contribution in [2.75, 3.05) is 19.3 Å². The van der Waals surface area contributed by atoms with Crippen molar-refractivity contribution in [3.8, 4) is 0 Å². The van der Waals surface area contributed by atoms with Gasteiger partial charge in [-0.25, -0.2) is 0 Å². The molecule has 20 heavy (non-hydrogen) atoms. The second-order valence-corrected chi connectivity index (χ2v) is 6.49. The molecule has 1 heterocycles. The van der Waals surface area contributed by atoms with Crippen molar-refractivity contribution in [3.05, 3.63) is 29.8 Å². The summed E-state index contributed by atoms with van der Waals surface area (Å²) < 4.78 is 0. The monoisotopic (exact) mass is 292 g/mol. The van der Waals surface area contributed by atoms with Gasteiger partial charge in [-0.15, -0.1) is 11.8 Å². The maximum atomic E-state index is 12.2. The maximum Gasteiger partial charge on any atom is 0.251 e. The Morgan fingerprint density at radius 1 is 1.25 bits per heavy atom. The van der Waals surface area contributed by atoms with Gasteiger partial charge in [-0.1, -0.05) is 0 Å². The molecule has 3 nitrogen and oxygen atoms in total. The minimum Gasteiger partial charge on any atom is -0.349 e. The molecule has 0 unspecified atom stereocenters. The fraction of sp³-hybridized carbons (Fsp3) is 0.562. The lowest BCUT2D eigenvalue weighted by Crippen LogP contribution is -2.46. The molecule has 1 fully saturated rings. The van der Waals surface area contributed by atoms with E-state index in [-0.39, 0.29) is 5.91 Å². The lowest BCUT2D eigenvalue weighted by atomic mass is 10.0. The summed E-state index contributed by atoms with van der Waals surface area (Å²) in [4.78, 5) is 15.9. The normalized spacial score (nSPS) is 17.4. The van der Waals surface area contributed by atoms with Crippen LogP contribution in [0.25, 0.3) is 0 Å². The molecular formula is C16H24N2OS. The number of benzene rings is 1. The van der Waals surface area contributed by atoms with Gasteiger partial charge in [0.1, 0.15) is 0 Å². The molecule has 1 saturated heterocycles. The van der Waals surface area contributed by atoms with Crippen molar-refractivity contribution in [2.45, 2.75) is 43.7 Å². The van der Waals surface area contributed by atoms with Crippen LogP contribution in [0.4, 0.5) is 0 Å². The zero-order valence-electron chi connectivity index (χ0n) is 12.6. The highest BCUT2D eigenvalue weighted by molar-refractivity contribution is 7.98. The van der Waals surface area contributed by atoms with Crippen LogP contribution in [0.2, 0.25) is 0 Å². The second kappa shape index (κ2) is 7.14. The van der Waals surface area contributed by atoms with Crippen LogP contribution >= 0.6 is 11.8 Å². The van der Waals surface area contributed by atoms with Gasteiger partial charge in [-0.2, -0.15) is 0 Å². The molecule has 1 amide bonds. The van der Waals surface area contributed by atoms with Crippen molar-refractivity contribution in [2.24, 2.45) is 0 Å². The lowest BCUT2D eigenvalue weighted by Gasteiger charge is -2.34. The third-order valence-electron chi connectivity index (χ3n) is 3.95. The quantitative estimate of drug-likeness (QED) is 0.866. The SMILES string of the molecule is CSc1ccc(C(=O)NC2CCN(C(C)C)CC2)cc1. The van der Waals surface area contributed by atoms with Crippen LogP contribution in [-0.4, -0.2) is 42.2 Å². The Hall–Kier alpha value is -1.00. The highest BCUT2D eigenvalue weighted by Gasteiger charge is 2.22. The number of piperidine rings is 1. The summed E-state index contributed by atoms with van der Waals surface area (Å²) in [5, 5.41) is 3.16. The van der Waals surface area contributed by atoms with Crippen molar-refractivity contribution in [1.29, 1.82) is 0 Å². The highest BCUT2D eigenvalue weighted by atomic mass is 32.2. The van der Waals surface area contributed by atoms with Gasteiger partial charge in [0.05, 0.1) is 0 Å². The van der Waals surface area contributed by atoms with E-state index in [1.165, 1.54) is 4.90 Å². The number of hydrogen-bond donors (Lipinski definition) is 1. The van der Waals surface area contributed by atoms with Gasteiger partial charge in [-0.3, -0.25) is 4.79 Å². The molecular weight excluding hydrogens is 268 g/mol. The van der Waals surface area contributed by atoms with E-state index in [2.05, 4.69) is 24.1 Å². The van der Waals surface area contributed by atoms with Gasteiger partial charge in [0.25, 0.3) is 5.91 Å². The molecule has 0 aromatic heterocycles. The molecule has 0 spiro atoms. The first-order chi connectivity index (χ1) is 9.60. The number of thioether (sulfide) groups is 1. The smallest absolute Gasteiger partial charge is 0.251 e. The zero-order chi connectivity index (χ0) is 14.5. The van der Waals surface area contributed by atoms with Crippen molar-refractivity contribution in [1.82, 2.24) is 10.2 Å². The predicted molar refractivity (Wildman–Crippen MR) is 85.4 cm³/mol. The predicted octanol–water partition coefficient (Wildman–Crippen LogP) is 3.01. The second-order valence-electron chi connectivity index (χ2n) is 5.61. The third kappa shape index (κ3) is 4.00. The first-order valence-corrected chi connectivity index (χ1v) is 8.51. The summed E-state index contributed by atoms with van der Waals surface area (Å²) >= 11 is 1.69. The van der Waals surface area contributed by atoms with E-state index in [0.29, 0.717) is 12.1 Å². The molecule has 1 aliphatic heterocycles. The number of hydrogen-bond acceptors (Lipinski definition) is 3. The summed E-state index contributed by atoms with van der Waals surface area (Å²) in [6, 6.07) is 8.74. The number of rotatable bonds is 4. The molecule has 4 heteroatoms. The minimum absolute atomic E-state index is 0.0562. The van der Waals surface area contributed by atoms with Crippen molar-refractivity contribution >= 4 is 17.7 Å². The van der Waals surface area contributed by atoms with Crippen LogP contribution in [0.15, 0.2) is 29.2 Å². The molecule has 1 aliphatic rings. The van der Waals surface area contributed by atoms with E-state index < -0.39 is 0 Å².